The molecule has 6 nitrogen and oxygen atoms in total. The lowest BCUT2D eigenvalue weighted by Crippen LogP contribution is -2.37. The van der Waals surface area contributed by atoms with Crippen molar-refractivity contribution in [3.63, 3.8) is 0 Å². The van der Waals surface area contributed by atoms with E-state index in [0.29, 0.717) is 12.4 Å². The SMILES string of the molecule is COCC(C)(C)Nc1nc(C(C)C)nc(NN)c1C. The molecule has 0 atom stereocenters. The molecule has 0 saturated carbocycles. The Labute approximate surface area is 115 Å². The molecule has 19 heavy (non-hydrogen) atoms. The first-order valence-electron chi connectivity index (χ1n) is 6.43. The van der Waals surface area contributed by atoms with Crippen LogP contribution in [0.2, 0.25) is 0 Å². The molecular weight excluding hydrogens is 242 g/mol. The molecule has 108 valence electrons. The van der Waals surface area contributed by atoms with Crippen molar-refractivity contribution < 1.29 is 4.74 Å². The zero-order chi connectivity index (χ0) is 14.6. The van der Waals surface area contributed by atoms with Crippen molar-refractivity contribution >= 4 is 11.6 Å². The second-order valence-electron chi connectivity index (χ2n) is 5.64. The summed E-state index contributed by atoms with van der Waals surface area (Å²) in [5, 5.41) is 3.39. The van der Waals surface area contributed by atoms with Gasteiger partial charge in [-0.05, 0) is 20.8 Å². The molecular formula is C13H25N5O. The number of nitrogens with one attached hydrogen (secondary N) is 2. The van der Waals surface area contributed by atoms with Gasteiger partial charge in [0.2, 0.25) is 0 Å². The molecule has 0 spiro atoms. The van der Waals surface area contributed by atoms with Gasteiger partial charge in [-0.15, -0.1) is 0 Å². The van der Waals surface area contributed by atoms with Crippen molar-refractivity contribution in [2.45, 2.75) is 46.1 Å². The van der Waals surface area contributed by atoms with Crippen LogP contribution in [-0.2, 0) is 4.74 Å². The van der Waals surface area contributed by atoms with Gasteiger partial charge in [0.25, 0.3) is 0 Å². The second kappa shape index (κ2) is 6.16. The van der Waals surface area contributed by atoms with E-state index in [1.165, 1.54) is 0 Å². The summed E-state index contributed by atoms with van der Waals surface area (Å²) >= 11 is 0. The van der Waals surface area contributed by atoms with Crippen molar-refractivity contribution in [3.8, 4) is 0 Å². The summed E-state index contributed by atoms with van der Waals surface area (Å²) in [5.74, 6) is 7.95. The molecule has 6 heteroatoms. The summed E-state index contributed by atoms with van der Waals surface area (Å²) in [6.07, 6.45) is 0. The van der Waals surface area contributed by atoms with E-state index in [1.54, 1.807) is 7.11 Å². The first kappa shape index (κ1) is 15.7. The molecule has 1 heterocycles. The number of ether oxygens (including phenoxy) is 1. The molecule has 0 aliphatic carbocycles. The van der Waals surface area contributed by atoms with Crippen LogP contribution in [0.3, 0.4) is 0 Å². The van der Waals surface area contributed by atoms with Crippen LogP contribution in [-0.4, -0.2) is 29.2 Å². The molecule has 0 aliphatic rings. The fraction of sp³-hybridized carbons (Fsp3) is 0.692. The summed E-state index contributed by atoms with van der Waals surface area (Å²) in [4.78, 5) is 8.98. The number of rotatable bonds is 6. The van der Waals surface area contributed by atoms with Gasteiger partial charge in [0.15, 0.2) is 0 Å². The van der Waals surface area contributed by atoms with Crippen LogP contribution in [0.15, 0.2) is 0 Å². The number of anilines is 2. The Morgan fingerprint density at radius 3 is 2.32 bits per heavy atom. The predicted molar refractivity (Wildman–Crippen MR) is 78.2 cm³/mol. The Morgan fingerprint density at radius 2 is 1.84 bits per heavy atom. The third kappa shape index (κ3) is 4.04. The molecule has 4 N–H and O–H groups in total. The number of aromatic nitrogens is 2. The summed E-state index contributed by atoms with van der Waals surface area (Å²) in [7, 11) is 1.68. The van der Waals surface area contributed by atoms with E-state index >= 15 is 0 Å². The van der Waals surface area contributed by atoms with Crippen LogP contribution >= 0.6 is 0 Å². The monoisotopic (exact) mass is 267 g/mol. The van der Waals surface area contributed by atoms with Crippen LogP contribution in [0, 0.1) is 6.92 Å². The van der Waals surface area contributed by atoms with Gasteiger partial charge in [0.1, 0.15) is 17.5 Å². The maximum atomic E-state index is 5.52. The zero-order valence-electron chi connectivity index (χ0n) is 12.7. The number of hydrogen-bond donors (Lipinski definition) is 3. The standard InChI is InChI=1S/C13H25N5O/c1-8(2)10-15-11(9(3)12(16-10)18-14)17-13(4,5)7-19-6/h8H,7,14H2,1-6H3,(H2,15,16,17,18). The number of methoxy groups -OCH3 is 1. The van der Waals surface area contributed by atoms with Crippen LogP contribution in [0.25, 0.3) is 0 Å². The van der Waals surface area contributed by atoms with Gasteiger partial charge in [0, 0.05) is 18.6 Å². The van der Waals surface area contributed by atoms with E-state index in [0.717, 1.165) is 17.2 Å². The van der Waals surface area contributed by atoms with Crippen molar-refractivity contribution in [1.29, 1.82) is 0 Å². The van der Waals surface area contributed by atoms with Gasteiger partial charge in [-0.25, -0.2) is 15.8 Å². The second-order valence-corrected chi connectivity index (χ2v) is 5.64. The number of nitrogen functional groups attached to an aromatic ring is 1. The highest BCUT2D eigenvalue weighted by molar-refractivity contribution is 5.57. The fourth-order valence-electron chi connectivity index (χ4n) is 1.77. The molecule has 1 aromatic rings. The van der Waals surface area contributed by atoms with E-state index in [2.05, 4.69) is 48.4 Å². The molecule has 1 rings (SSSR count). The minimum atomic E-state index is -0.214. The fourth-order valence-corrected chi connectivity index (χ4v) is 1.77. The summed E-state index contributed by atoms with van der Waals surface area (Å²) < 4.78 is 5.21. The van der Waals surface area contributed by atoms with Gasteiger partial charge < -0.3 is 15.5 Å². The molecule has 0 bridgehead atoms. The number of nitrogens with zero attached hydrogens (tertiary/aromatic N) is 2. The Hall–Kier alpha value is -1.40. The van der Waals surface area contributed by atoms with Gasteiger partial charge >= 0.3 is 0 Å². The number of hydrogen-bond acceptors (Lipinski definition) is 6. The summed E-state index contributed by atoms with van der Waals surface area (Å²) in [5.41, 5.74) is 3.31. The third-order valence-electron chi connectivity index (χ3n) is 2.78. The van der Waals surface area contributed by atoms with Crippen LogP contribution in [0.4, 0.5) is 11.6 Å². The number of nitrogens with two attached hydrogens (primary N) is 1. The van der Waals surface area contributed by atoms with Crippen molar-refractivity contribution in [2.75, 3.05) is 24.5 Å². The lowest BCUT2D eigenvalue weighted by atomic mass is 10.1. The van der Waals surface area contributed by atoms with Crippen LogP contribution in [0.1, 0.15) is 45.0 Å². The Balaban J connectivity index is 3.15. The highest BCUT2D eigenvalue weighted by Gasteiger charge is 2.21. The lowest BCUT2D eigenvalue weighted by Gasteiger charge is -2.27. The quantitative estimate of drug-likeness (QED) is 0.540. The topological polar surface area (TPSA) is 85.1 Å². The minimum Gasteiger partial charge on any atom is -0.382 e. The molecule has 0 radical (unpaired) electrons. The summed E-state index contributed by atoms with van der Waals surface area (Å²) in [6, 6.07) is 0. The number of hydrazine groups is 1. The highest BCUT2D eigenvalue weighted by atomic mass is 16.5. The normalized spacial score (nSPS) is 11.8. The van der Waals surface area contributed by atoms with Gasteiger partial charge in [-0.1, -0.05) is 13.8 Å². The van der Waals surface area contributed by atoms with Gasteiger partial charge in [-0.2, -0.15) is 0 Å². The highest BCUT2D eigenvalue weighted by Crippen LogP contribution is 2.25. The predicted octanol–water partition coefficient (Wildman–Crippen LogP) is 2.03. The molecule has 1 aromatic heterocycles. The van der Waals surface area contributed by atoms with Gasteiger partial charge in [-0.3, -0.25) is 0 Å². The third-order valence-corrected chi connectivity index (χ3v) is 2.78. The van der Waals surface area contributed by atoms with Crippen LogP contribution < -0.4 is 16.6 Å². The minimum absolute atomic E-state index is 0.214. The largest absolute Gasteiger partial charge is 0.382 e. The van der Waals surface area contributed by atoms with Crippen molar-refractivity contribution in [2.24, 2.45) is 5.84 Å². The molecule has 0 unspecified atom stereocenters. The molecule has 0 fully saturated rings. The van der Waals surface area contributed by atoms with Crippen molar-refractivity contribution in [1.82, 2.24) is 9.97 Å². The van der Waals surface area contributed by atoms with E-state index in [4.69, 9.17) is 10.6 Å². The average Bonchev–Trinajstić information content (AvgIpc) is 2.31. The molecule has 0 saturated heterocycles. The van der Waals surface area contributed by atoms with Crippen molar-refractivity contribution in [3.05, 3.63) is 11.4 Å². The summed E-state index contributed by atoms with van der Waals surface area (Å²) in [6.45, 7) is 10.7. The zero-order valence-corrected chi connectivity index (χ0v) is 12.7. The molecule has 0 aliphatic heterocycles. The van der Waals surface area contributed by atoms with E-state index < -0.39 is 0 Å². The Morgan fingerprint density at radius 1 is 1.26 bits per heavy atom. The van der Waals surface area contributed by atoms with Gasteiger partial charge in [0.05, 0.1) is 12.1 Å². The van der Waals surface area contributed by atoms with Crippen LogP contribution in [0.5, 0.6) is 0 Å². The van der Waals surface area contributed by atoms with E-state index in [1.807, 2.05) is 6.92 Å². The van der Waals surface area contributed by atoms with E-state index in [-0.39, 0.29) is 11.5 Å². The first-order valence-corrected chi connectivity index (χ1v) is 6.43. The van der Waals surface area contributed by atoms with E-state index in [9.17, 15) is 0 Å². The molecule has 0 amide bonds. The maximum Gasteiger partial charge on any atom is 0.148 e. The smallest absolute Gasteiger partial charge is 0.148 e. The maximum absolute atomic E-state index is 5.52. The molecule has 0 aromatic carbocycles. The lowest BCUT2D eigenvalue weighted by molar-refractivity contribution is 0.158. The average molecular weight is 267 g/mol. The Kier molecular flexibility index (Phi) is 5.08. The first-order chi connectivity index (χ1) is 8.80. The Bertz CT molecular complexity index is 431.